The summed E-state index contributed by atoms with van der Waals surface area (Å²) in [6, 6.07) is 0. The first-order valence-electron chi connectivity index (χ1n) is 7.63. The van der Waals surface area contributed by atoms with Gasteiger partial charge < -0.3 is 4.74 Å². The van der Waals surface area contributed by atoms with Crippen LogP contribution in [0.25, 0.3) is 0 Å². The fraction of sp³-hybridized carbons (Fsp3) is 1.00. The van der Waals surface area contributed by atoms with E-state index < -0.39 is 23.9 Å². The standard InChI is InChI=1S/C15H23F3O/c1-9-5-6-11(8-19-9)12-7-10-3-2-4-13(16)14(10)15(12,17)18/h9-14H,2-8H2,1H3. The molecular formula is C15H23F3O. The number of fused-ring (bicyclic) bond motifs is 1. The van der Waals surface area contributed by atoms with Gasteiger partial charge in [-0.3, -0.25) is 0 Å². The molecule has 4 heteroatoms. The van der Waals surface area contributed by atoms with Gasteiger partial charge in [-0.1, -0.05) is 6.42 Å². The molecule has 6 unspecified atom stereocenters. The third-order valence-electron chi connectivity index (χ3n) is 5.56. The maximum absolute atomic E-state index is 14.6. The summed E-state index contributed by atoms with van der Waals surface area (Å²) in [5.74, 6) is -4.71. The number of ether oxygens (including phenoxy) is 1. The molecule has 1 heterocycles. The first kappa shape index (κ1) is 13.7. The Morgan fingerprint density at radius 3 is 2.47 bits per heavy atom. The summed E-state index contributed by atoms with van der Waals surface area (Å²) in [7, 11) is 0. The Morgan fingerprint density at radius 2 is 1.84 bits per heavy atom. The van der Waals surface area contributed by atoms with Gasteiger partial charge in [0.25, 0.3) is 5.92 Å². The lowest BCUT2D eigenvalue weighted by atomic mass is 9.79. The van der Waals surface area contributed by atoms with E-state index in [0.717, 1.165) is 25.7 Å². The van der Waals surface area contributed by atoms with E-state index >= 15 is 0 Å². The smallest absolute Gasteiger partial charge is 0.257 e. The molecule has 3 rings (SSSR count). The molecule has 0 bridgehead atoms. The van der Waals surface area contributed by atoms with E-state index in [2.05, 4.69) is 0 Å². The van der Waals surface area contributed by atoms with Crippen LogP contribution in [0.4, 0.5) is 13.2 Å². The van der Waals surface area contributed by atoms with E-state index in [9.17, 15) is 13.2 Å². The first-order valence-corrected chi connectivity index (χ1v) is 7.63. The number of halogens is 3. The Labute approximate surface area is 112 Å². The van der Waals surface area contributed by atoms with Gasteiger partial charge in [0.2, 0.25) is 0 Å². The van der Waals surface area contributed by atoms with Crippen LogP contribution < -0.4 is 0 Å². The van der Waals surface area contributed by atoms with Gasteiger partial charge in [-0.15, -0.1) is 0 Å². The fourth-order valence-corrected chi connectivity index (χ4v) is 4.51. The van der Waals surface area contributed by atoms with Gasteiger partial charge in [0.1, 0.15) is 6.17 Å². The molecule has 6 atom stereocenters. The third kappa shape index (κ3) is 2.30. The predicted molar refractivity (Wildman–Crippen MR) is 66.9 cm³/mol. The quantitative estimate of drug-likeness (QED) is 0.697. The van der Waals surface area contributed by atoms with Crippen LogP contribution in [0.2, 0.25) is 0 Å². The van der Waals surface area contributed by atoms with Crippen molar-refractivity contribution in [1.29, 1.82) is 0 Å². The van der Waals surface area contributed by atoms with Gasteiger partial charge in [0.05, 0.1) is 18.6 Å². The Hall–Kier alpha value is -0.250. The average molecular weight is 276 g/mol. The summed E-state index contributed by atoms with van der Waals surface area (Å²) in [6.07, 6.45) is 2.90. The average Bonchev–Trinajstić information content (AvgIpc) is 2.63. The molecule has 2 aliphatic carbocycles. The first-order chi connectivity index (χ1) is 9.00. The highest BCUT2D eigenvalue weighted by Gasteiger charge is 2.62. The van der Waals surface area contributed by atoms with E-state index in [1.807, 2.05) is 6.92 Å². The zero-order valence-electron chi connectivity index (χ0n) is 11.5. The second-order valence-corrected chi connectivity index (χ2v) is 6.73. The van der Waals surface area contributed by atoms with Crippen LogP contribution in [0.1, 0.15) is 45.4 Å². The predicted octanol–water partition coefficient (Wildman–Crippen LogP) is 4.21. The lowest BCUT2D eigenvalue weighted by molar-refractivity contribution is -0.141. The molecule has 19 heavy (non-hydrogen) atoms. The van der Waals surface area contributed by atoms with Gasteiger partial charge >= 0.3 is 0 Å². The van der Waals surface area contributed by atoms with Crippen molar-refractivity contribution in [3.8, 4) is 0 Å². The van der Waals surface area contributed by atoms with Crippen LogP contribution in [0, 0.1) is 23.7 Å². The third-order valence-corrected chi connectivity index (χ3v) is 5.56. The van der Waals surface area contributed by atoms with Gasteiger partial charge in [-0.25, -0.2) is 13.2 Å². The van der Waals surface area contributed by atoms with Gasteiger partial charge in [0, 0.05) is 5.92 Å². The normalized spacial score (nSPS) is 49.9. The second kappa shape index (κ2) is 4.94. The van der Waals surface area contributed by atoms with Crippen molar-refractivity contribution in [2.75, 3.05) is 6.61 Å². The molecule has 1 aliphatic heterocycles. The maximum Gasteiger partial charge on any atom is 0.257 e. The van der Waals surface area contributed by atoms with E-state index in [4.69, 9.17) is 4.74 Å². The molecule has 1 saturated heterocycles. The zero-order chi connectivity index (χ0) is 13.6. The summed E-state index contributed by atoms with van der Waals surface area (Å²) < 4.78 is 48.6. The molecule has 0 aromatic carbocycles. The Kier molecular flexibility index (Phi) is 3.57. The molecule has 0 N–H and O–H groups in total. The largest absolute Gasteiger partial charge is 0.378 e. The zero-order valence-corrected chi connectivity index (χ0v) is 11.5. The second-order valence-electron chi connectivity index (χ2n) is 6.73. The molecule has 0 spiro atoms. The van der Waals surface area contributed by atoms with Crippen molar-refractivity contribution in [2.24, 2.45) is 23.7 Å². The van der Waals surface area contributed by atoms with Crippen molar-refractivity contribution in [3.63, 3.8) is 0 Å². The van der Waals surface area contributed by atoms with Crippen molar-refractivity contribution < 1.29 is 17.9 Å². The van der Waals surface area contributed by atoms with E-state index in [1.165, 1.54) is 0 Å². The molecule has 0 aromatic rings. The van der Waals surface area contributed by atoms with E-state index in [0.29, 0.717) is 19.4 Å². The van der Waals surface area contributed by atoms with Gasteiger partial charge in [0.15, 0.2) is 0 Å². The Morgan fingerprint density at radius 1 is 1.05 bits per heavy atom. The van der Waals surface area contributed by atoms with E-state index in [1.54, 1.807) is 0 Å². The molecule has 3 fully saturated rings. The lowest BCUT2D eigenvalue weighted by Crippen LogP contribution is -2.43. The topological polar surface area (TPSA) is 9.23 Å². The van der Waals surface area contributed by atoms with Crippen molar-refractivity contribution in [3.05, 3.63) is 0 Å². The molecule has 2 saturated carbocycles. The summed E-state index contributed by atoms with van der Waals surface area (Å²) in [6.45, 7) is 2.41. The van der Waals surface area contributed by atoms with Crippen LogP contribution in [0.15, 0.2) is 0 Å². The SMILES string of the molecule is CC1CCC(C2CC3CCCC(F)C3C2(F)F)CO1. The number of hydrogen-bond acceptors (Lipinski definition) is 1. The van der Waals surface area contributed by atoms with Crippen LogP contribution >= 0.6 is 0 Å². The minimum atomic E-state index is -2.83. The van der Waals surface area contributed by atoms with Crippen molar-refractivity contribution >= 4 is 0 Å². The number of alkyl halides is 3. The van der Waals surface area contributed by atoms with Crippen molar-refractivity contribution in [1.82, 2.24) is 0 Å². The molecule has 0 radical (unpaired) electrons. The minimum Gasteiger partial charge on any atom is -0.378 e. The molecular weight excluding hydrogens is 253 g/mol. The Bertz CT molecular complexity index is 325. The molecule has 3 aliphatic rings. The van der Waals surface area contributed by atoms with Crippen LogP contribution in [-0.2, 0) is 4.74 Å². The maximum atomic E-state index is 14.6. The summed E-state index contributed by atoms with van der Waals surface area (Å²) >= 11 is 0. The van der Waals surface area contributed by atoms with E-state index in [-0.39, 0.29) is 17.9 Å². The molecule has 1 nitrogen and oxygen atoms in total. The molecule has 0 amide bonds. The van der Waals surface area contributed by atoms with Crippen LogP contribution in [0.5, 0.6) is 0 Å². The molecule has 110 valence electrons. The van der Waals surface area contributed by atoms with Crippen molar-refractivity contribution in [2.45, 2.75) is 63.6 Å². The molecule has 0 aromatic heterocycles. The summed E-state index contributed by atoms with van der Waals surface area (Å²) in [4.78, 5) is 0. The number of rotatable bonds is 1. The van der Waals surface area contributed by atoms with Crippen LogP contribution in [-0.4, -0.2) is 24.8 Å². The minimum absolute atomic E-state index is 0.0796. The lowest BCUT2D eigenvalue weighted by Gasteiger charge is -2.36. The highest BCUT2D eigenvalue weighted by atomic mass is 19.3. The summed E-state index contributed by atoms with van der Waals surface area (Å²) in [5.41, 5.74) is 0. The summed E-state index contributed by atoms with van der Waals surface area (Å²) in [5, 5.41) is 0. The highest BCUT2D eigenvalue weighted by molar-refractivity contribution is 5.04. The van der Waals surface area contributed by atoms with Crippen LogP contribution in [0.3, 0.4) is 0 Å². The van der Waals surface area contributed by atoms with Gasteiger partial charge in [-0.2, -0.15) is 0 Å². The Balaban J connectivity index is 1.76. The van der Waals surface area contributed by atoms with Gasteiger partial charge in [-0.05, 0) is 50.9 Å². The highest BCUT2D eigenvalue weighted by Crippen LogP contribution is 2.58. The number of hydrogen-bond donors (Lipinski definition) is 0. The fourth-order valence-electron chi connectivity index (χ4n) is 4.51. The monoisotopic (exact) mass is 276 g/mol.